The molecule has 0 bridgehead atoms. The fraction of sp³-hybridized carbons (Fsp3) is 0.200. The van der Waals surface area contributed by atoms with Crippen molar-refractivity contribution >= 4 is 29.0 Å². The second-order valence-electron chi connectivity index (χ2n) is 6.26. The second kappa shape index (κ2) is 9.86. The summed E-state index contributed by atoms with van der Waals surface area (Å²) in [6.45, 7) is 0.864. The Hall–Kier alpha value is -3.02. The molecule has 0 saturated heterocycles. The van der Waals surface area contributed by atoms with E-state index < -0.39 is 0 Å². The normalized spacial score (nSPS) is 11.0. The van der Waals surface area contributed by atoms with E-state index in [-0.39, 0.29) is 11.7 Å². The van der Waals surface area contributed by atoms with Gasteiger partial charge in [0.2, 0.25) is 5.82 Å². The summed E-state index contributed by atoms with van der Waals surface area (Å²) in [5.41, 5.74) is 1.07. The molecule has 11 heteroatoms. The van der Waals surface area contributed by atoms with Crippen LogP contribution in [0.25, 0.3) is 17.3 Å². The van der Waals surface area contributed by atoms with Gasteiger partial charge in [-0.25, -0.2) is 9.37 Å². The number of nitrogens with zero attached hydrogens (tertiary/aromatic N) is 4. The van der Waals surface area contributed by atoms with Gasteiger partial charge in [0.05, 0.1) is 24.3 Å². The van der Waals surface area contributed by atoms with Crippen molar-refractivity contribution in [1.29, 1.82) is 0 Å². The molecule has 3 aromatic heterocycles. The Kier molecular flexibility index (Phi) is 6.75. The molecule has 4 rings (SSSR count). The number of aromatic nitrogens is 4. The van der Waals surface area contributed by atoms with Gasteiger partial charge in [-0.1, -0.05) is 11.8 Å². The summed E-state index contributed by atoms with van der Waals surface area (Å²) >= 11 is 2.81. The van der Waals surface area contributed by atoms with Crippen molar-refractivity contribution in [3.8, 4) is 17.3 Å². The molecule has 8 nitrogen and oxygen atoms in total. The summed E-state index contributed by atoms with van der Waals surface area (Å²) in [5, 5.41) is 14.4. The van der Waals surface area contributed by atoms with Gasteiger partial charge in [0.25, 0.3) is 5.91 Å². The SMILES string of the molecule is COCCNC(=O)c1csc(CSc2nnc(-c3ccco3)n2-c2ccc(F)cc2)n1. The smallest absolute Gasteiger partial charge is 0.270 e. The van der Waals surface area contributed by atoms with Gasteiger partial charge >= 0.3 is 0 Å². The van der Waals surface area contributed by atoms with Gasteiger partial charge in [-0.05, 0) is 36.4 Å². The van der Waals surface area contributed by atoms with E-state index in [0.29, 0.717) is 47.0 Å². The first-order valence-electron chi connectivity index (χ1n) is 9.25. The molecule has 0 spiro atoms. The highest BCUT2D eigenvalue weighted by atomic mass is 32.2. The molecule has 0 atom stereocenters. The van der Waals surface area contributed by atoms with Crippen LogP contribution in [-0.4, -0.2) is 45.9 Å². The summed E-state index contributed by atoms with van der Waals surface area (Å²) in [4.78, 5) is 16.5. The summed E-state index contributed by atoms with van der Waals surface area (Å²) in [6.07, 6.45) is 1.56. The predicted molar refractivity (Wildman–Crippen MR) is 115 cm³/mol. The van der Waals surface area contributed by atoms with Crippen molar-refractivity contribution in [2.75, 3.05) is 20.3 Å². The molecule has 0 saturated carbocycles. The maximum Gasteiger partial charge on any atom is 0.270 e. The molecule has 1 N–H and O–H groups in total. The van der Waals surface area contributed by atoms with Crippen LogP contribution >= 0.6 is 23.1 Å². The molecule has 0 fully saturated rings. The van der Waals surface area contributed by atoms with Gasteiger partial charge in [0.15, 0.2) is 10.9 Å². The fourth-order valence-corrected chi connectivity index (χ4v) is 4.46. The molecule has 1 amide bonds. The molecule has 4 aromatic rings. The number of amides is 1. The maximum atomic E-state index is 13.4. The van der Waals surface area contributed by atoms with Crippen molar-refractivity contribution in [3.63, 3.8) is 0 Å². The van der Waals surface area contributed by atoms with Crippen LogP contribution in [-0.2, 0) is 10.5 Å². The number of benzene rings is 1. The van der Waals surface area contributed by atoms with E-state index in [0.717, 1.165) is 5.01 Å². The lowest BCUT2D eigenvalue weighted by molar-refractivity contribution is 0.0932. The number of nitrogens with one attached hydrogen (secondary N) is 1. The standard InChI is InChI=1S/C20H18FN5O3S2/c1-28-10-8-22-19(27)15-11-30-17(23-15)12-31-20-25-24-18(16-3-2-9-29-16)26(20)14-6-4-13(21)5-7-14/h2-7,9,11H,8,10,12H2,1H3,(H,22,27). The number of furan rings is 1. The van der Waals surface area contributed by atoms with Crippen LogP contribution in [0.2, 0.25) is 0 Å². The summed E-state index contributed by atoms with van der Waals surface area (Å²) < 4.78 is 25.6. The Morgan fingerprint density at radius 3 is 2.87 bits per heavy atom. The van der Waals surface area contributed by atoms with E-state index in [1.165, 1.54) is 35.2 Å². The molecule has 0 aliphatic heterocycles. The van der Waals surface area contributed by atoms with E-state index in [1.807, 2.05) is 0 Å². The molecule has 3 heterocycles. The number of ether oxygens (including phenoxy) is 1. The van der Waals surface area contributed by atoms with Crippen molar-refractivity contribution in [1.82, 2.24) is 25.1 Å². The number of thioether (sulfide) groups is 1. The summed E-state index contributed by atoms with van der Waals surface area (Å²) in [7, 11) is 1.58. The van der Waals surface area contributed by atoms with E-state index in [4.69, 9.17) is 9.15 Å². The second-order valence-corrected chi connectivity index (χ2v) is 8.14. The first kappa shape index (κ1) is 21.2. The Balaban J connectivity index is 1.53. The third-order valence-corrected chi connectivity index (χ3v) is 6.13. The lowest BCUT2D eigenvalue weighted by Gasteiger charge is -2.08. The molecule has 160 valence electrons. The highest BCUT2D eigenvalue weighted by Crippen LogP contribution is 2.30. The van der Waals surface area contributed by atoms with Crippen LogP contribution in [0.15, 0.2) is 57.6 Å². The minimum absolute atomic E-state index is 0.237. The molecular weight excluding hydrogens is 441 g/mol. The van der Waals surface area contributed by atoms with Crippen LogP contribution < -0.4 is 5.32 Å². The zero-order valence-corrected chi connectivity index (χ0v) is 18.1. The van der Waals surface area contributed by atoms with Crippen LogP contribution in [0.1, 0.15) is 15.5 Å². The molecule has 0 aliphatic rings. The molecule has 0 aliphatic carbocycles. The number of hydrogen-bond acceptors (Lipinski definition) is 8. The molecule has 1 aromatic carbocycles. The van der Waals surface area contributed by atoms with Crippen LogP contribution in [0, 0.1) is 5.82 Å². The minimum atomic E-state index is -0.329. The Bertz CT molecular complexity index is 1140. The lowest BCUT2D eigenvalue weighted by atomic mass is 10.3. The van der Waals surface area contributed by atoms with E-state index in [9.17, 15) is 9.18 Å². The lowest BCUT2D eigenvalue weighted by Crippen LogP contribution is -2.27. The Morgan fingerprint density at radius 2 is 2.13 bits per heavy atom. The molecule has 0 radical (unpaired) electrons. The van der Waals surface area contributed by atoms with Crippen molar-refractivity contribution in [2.24, 2.45) is 0 Å². The van der Waals surface area contributed by atoms with Gasteiger partial charge in [-0.3, -0.25) is 9.36 Å². The van der Waals surface area contributed by atoms with Crippen LogP contribution in [0.4, 0.5) is 4.39 Å². The Morgan fingerprint density at radius 1 is 1.29 bits per heavy atom. The highest BCUT2D eigenvalue weighted by Gasteiger charge is 2.19. The van der Waals surface area contributed by atoms with Crippen molar-refractivity contribution in [2.45, 2.75) is 10.9 Å². The fourth-order valence-electron chi connectivity index (χ4n) is 2.72. The summed E-state index contributed by atoms with van der Waals surface area (Å²) in [5.74, 6) is 0.987. The third kappa shape index (κ3) is 5.01. The highest BCUT2D eigenvalue weighted by molar-refractivity contribution is 7.98. The van der Waals surface area contributed by atoms with Gasteiger partial charge < -0.3 is 14.5 Å². The van der Waals surface area contributed by atoms with Crippen LogP contribution in [0.5, 0.6) is 0 Å². The Labute approximate surface area is 185 Å². The maximum absolute atomic E-state index is 13.4. The molecule has 0 unspecified atom stereocenters. The topological polar surface area (TPSA) is 95.1 Å². The zero-order chi connectivity index (χ0) is 21.6. The average molecular weight is 460 g/mol. The molecule has 31 heavy (non-hydrogen) atoms. The zero-order valence-electron chi connectivity index (χ0n) is 16.4. The number of carbonyl (C=O) groups is 1. The van der Waals surface area contributed by atoms with E-state index in [2.05, 4.69) is 20.5 Å². The largest absolute Gasteiger partial charge is 0.461 e. The number of carbonyl (C=O) groups excluding carboxylic acids is 1. The first-order chi connectivity index (χ1) is 15.2. The predicted octanol–water partition coefficient (Wildman–Crippen LogP) is 3.79. The summed E-state index contributed by atoms with van der Waals surface area (Å²) in [6, 6.07) is 9.62. The number of hydrogen-bond donors (Lipinski definition) is 1. The number of methoxy groups -OCH3 is 1. The van der Waals surface area contributed by atoms with Crippen LogP contribution in [0.3, 0.4) is 0 Å². The number of thiazole rings is 1. The third-order valence-electron chi connectivity index (χ3n) is 4.16. The van der Waals surface area contributed by atoms with Gasteiger partial charge in [-0.15, -0.1) is 21.5 Å². The quantitative estimate of drug-likeness (QED) is 0.301. The van der Waals surface area contributed by atoms with E-state index in [1.54, 1.807) is 47.6 Å². The molecular formula is C20H18FN5O3S2. The van der Waals surface area contributed by atoms with Crippen molar-refractivity contribution < 1.29 is 18.3 Å². The van der Waals surface area contributed by atoms with Gasteiger partial charge in [0.1, 0.15) is 16.5 Å². The first-order valence-corrected chi connectivity index (χ1v) is 11.1. The number of rotatable bonds is 9. The minimum Gasteiger partial charge on any atom is -0.461 e. The monoisotopic (exact) mass is 459 g/mol. The van der Waals surface area contributed by atoms with Gasteiger partial charge in [-0.2, -0.15) is 0 Å². The average Bonchev–Trinajstić information content (AvgIpc) is 3.53. The van der Waals surface area contributed by atoms with E-state index >= 15 is 0 Å². The number of halogens is 1. The van der Waals surface area contributed by atoms with Gasteiger partial charge in [0, 0.05) is 19.0 Å². The van der Waals surface area contributed by atoms with Crippen molar-refractivity contribution in [3.05, 3.63) is 64.6 Å².